The zero-order valence-corrected chi connectivity index (χ0v) is 16.2. The van der Waals surface area contributed by atoms with Crippen LogP contribution in [0.15, 0.2) is 30.5 Å². The average molecular weight is 380 g/mol. The lowest BCUT2D eigenvalue weighted by atomic mass is 10.0. The quantitative estimate of drug-likeness (QED) is 0.817. The highest BCUT2D eigenvalue weighted by molar-refractivity contribution is 5.97. The van der Waals surface area contributed by atoms with Crippen LogP contribution in [-0.4, -0.2) is 51.8 Å². The Hall–Kier alpha value is -2.96. The van der Waals surface area contributed by atoms with Crippen molar-refractivity contribution < 1.29 is 14.3 Å². The molecular weight excluding hydrogens is 356 g/mol. The van der Waals surface area contributed by atoms with Crippen LogP contribution < -0.4 is 4.74 Å². The summed E-state index contributed by atoms with van der Waals surface area (Å²) >= 11 is 0. The van der Waals surface area contributed by atoms with Crippen molar-refractivity contribution in [1.29, 1.82) is 0 Å². The Balaban J connectivity index is 1.54. The third kappa shape index (κ3) is 3.32. The van der Waals surface area contributed by atoms with Gasteiger partial charge in [-0.1, -0.05) is 12.1 Å². The van der Waals surface area contributed by atoms with Crippen molar-refractivity contribution in [2.24, 2.45) is 0 Å². The first kappa shape index (κ1) is 18.4. The fourth-order valence-corrected chi connectivity index (χ4v) is 4.07. The largest absolute Gasteiger partial charge is 0.496 e. The lowest BCUT2D eigenvalue weighted by molar-refractivity contribution is -0.129. The predicted octanol–water partition coefficient (Wildman–Crippen LogP) is 2.37. The highest BCUT2D eigenvalue weighted by atomic mass is 16.5. The number of fused-ring (bicyclic) bond motifs is 1. The molecule has 1 fully saturated rings. The number of nitrogens with zero attached hydrogens (tertiary/aromatic N) is 4. The van der Waals surface area contributed by atoms with Crippen LogP contribution in [0.4, 0.5) is 0 Å². The Labute approximate surface area is 164 Å². The van der Waals surface area contributed by atoms with E-state index >= 15 is 0 Å². The Bertz CT molecular complexity index is 914. The van der Waals surface area contributed by atoms with Gasteiger partial charge in [0.15, 0.2) is 5.82 Å². The molecule has 28 heavy (non-hydrogen) atoms. The Morgan fingerprint density at radius 3 is 2.82 bits per heavy atom. The van der Waals surface area contributed by atoms with Crippen molar-refractivity contribution in [1.82, 2.24) is 19.8 Å². The fourth-order valence-electron chi connectivity index (χ4n) is 4.07. The number of para-hydroxylation sites is 1. The minimum absolute atomic E-state index is 0.0314. The highest BCUT2D eigenvalue weighted by Crippen LogP contribution is 2.31. The van der Waals surface area contributed by atoms with E-state index in [1.807, 2.05) is 23.2 Å². The van der Waals surface area contributed by atoms with Crippen molar-refractivity contribution in [3.8, 4) is 5.75 Å². The van der Waals surface area contributed by atoms with Crippen molar-refractivity contribution in [2.45, 2.75) is 38.8 Å². The van der Waals surface area contributed by atoms with E-state index in [0.29, 0.717) is 30.8 Å². The molecule has 1 aromatic carbocycles. The van der Waals surface area contributed by atoms with Crippen LogP contribution in [0.3, 0.4) is 0 Å². The molecular formula is C21H24N4O3. The van der Waals surface area contributed by atoms with E-state index < -0.39 is 0 Å². The highest BCUT2D eigenvalue weighted by Gasteiger charge is 2.31. The number of rotatable bonds is 3. The van der Waals surface area contributed by atoms with Crippen LogP contribution in [0, 0.1) is 0 Å². The maximum Gasteiger partial charge on any atom is 0.257 e. The molecule has 1 unspecified atom stereocenters. The number of methoxy groups -OCH3 is 1. The standard InChI is InChI=1S/C21H24N4O3/c1-14(26)25-10-5-7-18(25)20-22-12-15-13-24(11-9-17(15)23-20)21(27)16-6-3-4-8-19(16)28-2/h3-4,6,8,12,18H,5,7,9-11,13H2,1-2H3. The zero-order valence-electron chi connectivity index (χ0n) is 16.2. The summed E-state index contributed by atoms with van der Waals surface area (Å²) in [4.78, 5) is 37.7. The molecule has 2 amide bonds. The van der Waals surface area contributed by atoms with Gasteiger partial charge >= 0.3 is 0 Å². The van der Waals surface area contributed by atoms with Gasteiger partial charge in [0.25, 0.3) is 5.91 Å². The zero-order chi connectivity index (χ0) is 19.7. The van der Waals surface area contributed by atoms with E-state index in [-0.39, 0.29) is 17.9 Å². The van der Waals surface area contributed by atoms with E-state index in [2.05, 4.69) is 4.98 Å². The number of hydrogen-bond acceptors (Lipinski definition) is 5. The van der Waals surface area contributed by atoms with Crippen molar-refractivity contribution >= 4 is 11.8 Å². The van der Waals surface area contributed by atoms with E-state index in [9.17, 15) is 9.59 Å². The van der Waals surface area contributed by atoms with Gasteiger partial charge in [-0.15, -0.1) is 0 Å². The predicted molar refractivity (Wildman–Crippen MR) is 103 cm³/mol. The van der Waals surface area contributed by atoms with Crippen LogP contribution in [0.2, 0.25) is 0 Å². The molecule has 0 saturated carbocycles. The van der Waals surface area contributed by atoms with Gasteiger partial charge in [0.2, 0.25) is 5.91 Å². The van der Waals surface area contributed by atoms with Gasteiger partial charge in [-0.3, -0.25) is 9.59 Å². The molecule has 0 N–H and O–H groups in total. The molecule has 7 heteroatoms. The summed E-state index contributed by atoms with van der Waals surface area (Å²) in [7, 11) is 1.57. The molecule has 0 radical (unpaired) electrons. The van der Waals surface area contributed by atoms with E-state index in [0.717, 1.165) is 36.5 Å². The molecule has 2 aromatic rings. The monoisotopic (exact) mass is 380 g/mol. The minimum Gasteiger partial charge on any atom is -0.496 e. The summed E-state index contributed by atoms with van der Waals surface area (Å²) in [5, 5.41) is 0. The van der Waals surface area contributed by atoms with Crippen LogP contribution in [0.1, 0.15) is 53.2 Å². The Morgan fingerprint density at radius 2 is 2.04 bits per heavy atom. The van der Waals surface area contributed by atoms with Crippen molar-refractivity contribution in [3.05, 3.63) is 53.1 Å². The van der Waals surface area contributed by atoms with E-state index in [1.54, 1.807) is 31.1 Å². The SMILES string of the molecule is COc1ccccc1C(=O)N1CCc2nc(C3CCCN3C(C)=O)ncc2C1. The number of carbonyl (C=O) groups is 2. The second-order valence-corrected chi connectivity index (χ2v) is 7.25. The molecule has 1 saturated heterocycles. The number of benzene rings is 1. The van der Waals surface area contributed by atoms with E-state index in [4.69, 9.17) is 9.72 Å². The van der Waals surface area contributed by atoms with Crippen LogP contribution in [0.5, 0.6) is 5.75 Å². The lowest BCUT2D eigenvalue weighted by Crippen LogP contribution is -2.37. The van der Waals surface area contributed by atoms with Crippen molar-refractivity contribution in [3.63, 3.8) is 0 Å². The normalized spacial score (nSPS) is 18.7. The first-order chi connectivity index (χ1) is 13.6. The van der Waals surface area contributed by atoms with Gasteiger partial charge in [0.1, 0.15) is 5.75 Å². The molecule has 0 aliphatic carbocycles. The Kier molecular flexibility index (Phi) is 4.98. The average Bonchev–Trinajstić information content (AvgIpc) is 3.22. The molecule has 2 aliphatic rings. The van der Waals surface area contributed by atoms with Gasteiger partial charge in [0.05, 0.1) is 24.4 Å². The second kappa shape index (κ2) is 7.58. The molecule has 7 nitrogen and oxygen atoms in total. The molecule has 2 aliphatic heterocycles. The number of amides is 2. The number of aromatic nitrogens is 2. The molecule has 146 valence electrons. The van der Waals surface area contributed by atoms with E-state index in [1.165, 1.54) is 0 Å². The summed E-state index contributed by atoms with van der Waals surface area (Å²) in [6.07, 6.45) is 4.37. The maximum atomic E-state index is 12.9. The summed E-state index contributed by atoms with van der Waals surface area (Å²) in [6, 6.07) is 7.24. The maximum absolute atomic E-state index is 12.9. The smallest absolute Gasteiger partial charge is 0.257 e. The number of hydrogen-bond donors (Lipinski definition) is 0. The van der Waals surface area contributed by atoms with Gasteiger partial charge in [0, 0.05) is 44.7 Å². The van der Waals surface area contributed by atoms with Crippen molar-refractivity contribution in [2.75, 3.05) is 20.2 Å². The minimum atomic E-state index is -0.0503. The summed E-state index contributed by atoms with van der Waals surface area (Å²) in [5.74, 6) is 1.31. The first-order valence-corrected chi connectivity index (χ1v) is 9.62. The van der Waals surface area contributed by atoms with Gasteiger partial charge < -0.3 is 14.5 Å². The van der Waals surface area contributed by atoms with Crippen LogP contribution in [-0.2, 0) is 17.8 Å². The van der Waals surface area contributed by atoms with Gasteiger partial charge in [-0.25, -0.2) is 9.97 Å². The first-order valence-electron chi connectivity index (χ1n) is 9.62. The third-order valence-corrected chi connectivity index (χ3v) is 5.53. The number of carbonyl (C=O) groups excluding carboxylic acids is 2. The topological polar surface area (TPSA) is 75.6 Å². The molecule has 0 bridgehead atoms. The van der Waals surface area contributed by atoms with Crippen LogP contribution in [0.25, 0.3) is 0 Å². The Morgan fingerprint density at radius 1 is 1.21 bits per heavy atom. The summed E-state index contributed by atoms with van der Waals surface area (Å²) in [6.45, 7) is 3.44. The number of likely N-dealkylation sites (tertiary alicyclic amines) is 1. The third-order valence-electron chi connectivity index (χ3n) is 5.53. The summed E-state index contributed by atoms with van der Waals surface area (Å²) in [5.41, 5.74) is 2.50. The lowest BCUT2D eigenvalue weighted by Gasteiger charge is -2.29. The molecule has 4 rings (SSSR count). The summed E-state index contributed by atoms with van der Waals surface area (Å²) < 4.78 is 5.32. The van der Waals surface area contributed by atoms with Gasteiger partial charge in [-0.05, 0) is 25.0 Å². The fraction of sp³-hybridized carbons (Fsp3) is 0.429. The molecule has 0 spiro atoms. The number of ether oxygens (including phenoxy) is 1. The molecule has 1 atom stereocenters. The van der Waals surface area contributed by atoms with Gasteiger partial charge in [-0.2, -0.15) is 0 Å². The van der Waals surface area contributed by atoms with Crippen LogP contribution >= 0.6 is 0 Å². The molecule has 1 aromatic heterocycles. The molecule has 3 heterocycles. The second-order valence-electron chi connectivity index (χ2n) is 7.25.